The topological polar surface area (TPSA) is 37.3 Å². The van der Waals surface area contributed by atoms with Gasteiger partial charge in [0, 0.05) is 0 Å². The Balaban J connectivity index is 2.33. The highest BCUT2D eigenvalue weighted by molar-refractivity contribution is 5.70. The van der Waals surface area contributed by atoms with Crippen molar-refractivity contribution < 1.29 is 9.90 Å². The maximum absolute atomic E-state index is 11.2. The lowest BCUT2D eigenvalue weighted by Crippen LogP contribution is -2.21. The maximum atomic E-state index is 11.2. The lowest BCUT2D eigenvalue weighted by molar-refractivity contribution is -0.144. The molecule has 1 fully saturated rings. The summed E-state index contributed by atoms with van der Waals surface area (Å²) < 4.78 is 0. The molecule has 15 heavy (non-hydrogen) atoms. The van der Waals surface area contributed by atoms with Crippen molar-refractivity contribution in [2.24, 2.45) is 17.8 Å². The zero-order chi connectivity index (χ0) is 11.3. The SMILES string of the molecule is CC(C)CCCC(C(=O)O)C1CCCC1. The van der Waals surface area contributed by atoms with E-state index in [1.165, 1.54) is 12.8 Å². The Bertz CT molecular complexity index is 193. The molecule has 1 N–H and O–H groups in total. The minimum atomic E-state index is -0.564. The fraction of sp³-hybridized carbons (Fsp3) is 0.923. The predicted octanol–water partition coefficient (Wildman–Crippen LogP) is 3.70. The molecule has 0 aromatic rings. The van der Waals surface area contributed by atoms with Crippen molar-refractivity contribution in [3.05, 3.63) is 0 Å². The first-order valence-electron chi connectivity index (χ1n) is 6.34. The van der Waals surface area contributed by atoms with Gasteiger partial charge in [-0.15, -0.1) is 0 Å². The van der Waals surface area contributed by atoms with E-state index >= 15 is 0 Å². The molecule has 2 nitrogen and oxygen atoms in total. The molecule has 0 radical (unpaired) electrons. The monoisotopic (exact) mass is 212 g/mol. The minimum Gasteiger partial charge on any atom is -0.481 e. The van der Waals surface area contributed by atoms with E-state index < -0.39 is 5.97 Å². The van der Waals surface area contributed by atoms with Crippen LogP contribution in [-0.4, -0.2) is 11.1 Å². The van der Waals surface area contributed by atoms with E-state index in [2.05, 4.69) is 13.8 Å². The Labute approximate surface area is 93.1 Å². The van der Waals surface area contributed by atoms with Crippen molar-refractivity contribution in [3.8, 4) is 0 Å². The van der Waals surface area contributed by atoms with Crippen LogP contribution in [0.25, 0.3) is 0 Å². The number of carbonyl (C=O) groups is 1. The molecular formula is C13H24O2. The standard InChI is InChI=1S/C13H24O2/c1-10(2)6-5-9-12(13(14)15)11-7-3-4-8-11/h10-12H,3-9H2,1-2H3,(H,14,15). The quantitative estimate of drug-likeness (QED) is 0.729. The van der Waals surface area contributed by atoms with Crippen LogP contribution in [0.2, 0.25) is 0 Å². The van der Waals surface area contributed by atoms with Gasteiger partial charge in [0.25, 0.3) is 0 Å². The summed E-state index contributed by atoms with van der Waals surface area (Å²) in [6, 6.07) is 0. The van der Waals surface area contributed by atoms with E-state index in [1.807, 2.05) is 0 Å². The molecule has 1 rings (SSSR count). The van der Waals surface area contributed by atoms with Crippen LogP contribution in [0.4, 0.5) is 0 Å². The Kier molecular flexibility index (Phi) is 5.13. The van der Waals surface area contributed by atoms with Crippen molar-refractivity contribution in [3.63, 3.8) is 0 Å². The van der Waals surface area contributed by atoms with Gasteiger partial charge in [0.2, 0.25) is 0 Å². The highest BCUT2D eigenvalue weighted by atomic mass is 16.4. The van der Waals surface area contributed by atoms with Crippen molar-refractivity contribution in [1.82, 2.24) is 0 Å². The van der Waals surface area contributed by atoms with Crippen LogP contribution < -0.4 is 0 Å². The van der Waals surface area contributed by atoms with Crippen LogP contribution >= 0.6 is 0 Å². The molecule has 1 aliphatic rings. The van der Waals surface area contributed by atoms with Gasteiger partial charge in [0.05, 0.1) is 5.92 Å². The minimum absolute atomic E-state index is 0.0637. The molecule has 1 aliphatic carbocycles. The molecule has 0 heterocycles. The van der Waals surface area contributed by atoms with Crippen molar-refractivity contribution in [2.75, 3.05) is 0 Å². The summed E-state index contributed by atoms with van der Waals surface area (Å²) >= 11 is 0. The lowest BCUT2D eigenvalue weighted by Gasteiger charge is -2.19. The van der Waals surface area contributed by atoms with E-state index in [0.29, 0.717) is 11.8 Å². The third-order valence-electron chi connectivity index (χ3n) is 3.58. The summed E-state index contributed by atoms with van der Waals surface area (Å²) in [4.78, 5) is 11.2. The van der Waals surface area contributed by atoms with Gasteiger partial charge in [-0.3, -0.25) is 4.79 Å². The van der Waals surface area contributed by atoms with Gasteiger partial charge in [-0.2, -0.15) is 0 Å². The number of aliphatic carboxylic acids is 1. The number of carboxylic acids is 1. The second-order valence-corrected chi connectivity index (χ2v) is 5.31. The van der Waals surface area contributed by atoms with Gasteiger partial charge in [-0.25, -0.2) is 0 Å². The first-order chi connectivity index (χ1) is 7.11. The van der Waals surface area contributed by atoms with E-state index in [4.69, 9.17) is 0 Å². The summed E-state index contributed by atoms with van der Waals surface area (Å²) in [5, 5.41) is 9.20. The number of hydrogen-bond acceptors (Lipinski definition) is 1. The van der Waals surface area contributed by atoms with Crippen LogP contribution in [0.3, 0.4) is 0 Å². The van der Waals surface area contributed by atoms with Crippen LogP contribution in [-0.2, 0) is 4.79 Å². The Morgan fingerprint density at radius 3 is 2.33 bits per heavy atom. The largest absolute Gasteiger partial charge is 0.481 e. The molecule has 88 valence electrons. The highest BCUT2D eigenvalue weighted by Crippen LogP contribution is 2.34. The summed E-state index contributed by atoms with van der Waals surface area (Å²) in [7, 11) is 0. The van der Waals surface area contributed by atoms with Gasteiger partial charge >= 0.3 is 5.97 Å². The molecule has 0 bridgehead atoms. The van der Waals surface area contributed by atoms with E-state index in [9.17, 15) is 9.90 Å². The number of hydrogen-bond donors (Lipinski definition) is 1. The fourth-order valence-corrected chi connectivity index (χ4v) is 2.67. The average molecular weight is 212 g/mol. The van der Waals surface area contributed by atoms with Crippen LogP contribution in [0.15, 0.2) is 0 Å². The first kappa shape index (κ1) is 12.5. The third-order valence-corrected chi connectivity index (χ3v) is 3.58. The molecule has 0 spiro atoms. The van der Waals surface area contributed by atoms with Crippen molar-refractivity contribution in [2.45, 2.75) is 58.8 Å². The average Bonchev–Trinajstić information content (AvgIpc) is 2.63. The van der Waals surface area contributed by atoms with Gasteiger partial charge in [0.1, 0.15) is 0 Å². The Morgan fingerprint density at radius 2 is 1.87 bits per heavy atom. The van der Waals surface area contributed by atoms with Gasteiger partial charge < -0.3 is 5.11 Å². The molecule has 0 aliphatic heterocycles. The second-order valence-electron chi connectivity index (χ2n) is 5.31. The molecule has 0 saturated heterocycles. The van der Waals surface area contributed by atoms with Crippen LogP contribution in [0.1, 0.15) is 58.8 Å². The lowest BCUT2D eigenvalue weighted by atomic mass is 9.86. The van der Waals surface area contributed by atoms with Crippen molar-refractivity contribution >= 4 is 5.97 Å². The Morgan fingerprint density at radius 1 is 1.27 bits per heavy atom. The molecule has 0 aromatic heterocycles. The zero-order valence-electron chi connectivity index (χ0n) is 10.0. The zero-order valence-corrected chi connectivity index (χ0v) is 10.0. The van der Waals surface area contributed by atoms with E-state index in [0.717, 1.165) is 32.1 Å². The molecule has 1 unspecified atom stereocenters. The van der Waals surface area contributed by atoms with Gasteiger partial charge in [-0.05, 0) is 31.1 Å². The van der Waals surface area contributed by atoms with Gasteiger partial charge in [0.15, 0.2) is 0 Å². The molecule has 1 atom stereocenters. The summed E-state index contributed by atoms with van der Waals surface area (Å²) in [6.07, 6.45) is 7.87. The fourth-order valence-electron chi connectivity index (χ4n) is 2.67. The van der Waals surface area contributed by atoms with Crippen LogP contribution in [0, 0.1) is 17.8 Å². The molecular weight excluding hydrogens is 188 g/mol. The van der Waals surface area contributed by atoms with Gasteiger partial charge in [-0.1, -0.05) is 39.5 Å². The molecule has 0 amide bonds. The van der Waals surface area contributed by atoms with Crippen LogP contribution in [0.5, 0.6) is 0 Å². The molecule has 1 saturated carbocycles. The number of rotatable bonds is 6. The van der Waals surface area contributed by atoms with E-state index in [1.54, 1.807) is 0 Å². The normalized spacial score (nSPS) is 19.7. The molecule has 0 aromatic carbocycles. The van der Waals surface area contributed by atoms with E-state index in [-0.39, 0.29) is 5.92 Å². The maximum Gasteiger partial charge on any atom is 0.306 e. The molecule has 2 heteroatoms. The van der Waals surface area contributed by atoms with Crippen molar-refractivity contribution in [1.29, 1.82) is 0 Å². The predicted molar refractivity (Wildman–Crippen MR) is 61.8 cm³/mol. The second kappa shape index (κ2) is 6.14. The highest BCUT2D eigenvalue weighted by Gasteiger charge is 2.29. The smallest absolute Gasteiger partial charge is 0.306 e. The third kappa shape index (κ3) is 4.23. The summed E-state index contributed by atoms with van der Waals surface area (Å²) in [6.45, 7) is 4.40. The first-order valence-corrected chi connectivity index (χ1v) is 6.34. The Hall–Kier alpha value is -0.530. The number of carboxylic acid groups (broad SMARTS) is 1. The summed E-state index contributed by atoms with van der Waals surface area (Å²) in [5.74, 6) is 0.537. The summed E-state index contributed by atoms with van der Waals surface area (Å²) in [5.41, 5.74) is 0.